The molecule has 0 saturated carbocycles. The molecule has 6 rings (SSSR count). The van der Waals surface area contributed by atoms with Crippen LogP contribution in [0, 0.1) is 0 Å². The van der Waals surface area contributed by atoms with Crippen LogP contribution in [0.25, 0.3) is 5.65 Å². The maximum Gasteiger partial charge on any atom is 0.319 e. The maximum absolute atomic E-state index is 13.3. The van der Waals surface area contributed by atoms with Crippen LogP contribution in [0.1, 0.15) is 87.2 Å². The molecule has 12 nitrogen and oxygen atoms in total. The molecule has 2 aromatic carbocycles. The van der Waals surface area contributed by atoms with E-state index in [-0.39, 0.29) is 29.6 Å². The molecule has 0 radical (unpaired) electrons. The molecule has 4 aromatic rings. The standard InChI is InChI=1S/C34H43N7O5S/c1-34(2,3)22-18-23(20-24(19-22)39-47(4,44)45)35-33(43)36-28-12-13-30(27-9-6-5-8-26(27)28)46-25-11-14-31-37-38-32(41(31)21-25)29-10-7-15-40(29)16-17-42/h5-6,8-9,11,14,18-21,28-30,39,42H,7,10,12-13,15-17H2,1-4H3,(H2,35,36,43)/p+1/t28-,29-,30+/m0/s1. The lowest BCUT2D eigenvalue weighted by Crippen LogP contribution is -2.35. The van der Waals surface area contributed by atoms with Crippen LogP contribution in [-0.2, 0) is 15.4 Å². The summed E-state index contributed by atoms with van der Waals surface area (Å²) in [6.45, 7) is 8.12. The fourth-order valence-electron chi connectivity index (χ4n) is 6.63. The van der Waals surface area contributed by atoms with Crippen molar-refractivity contribution in [1.29, 1.82) is 0 Å². The highest BCUT2D eigenvalue weighted by atomic mass is 32.2. The maximum atomic E-state index is 13.3. The number of likely N-dealkylation sites (tertiary alicyclic amines) is 1. The summed E-state index contributed by atoms with van der Waals surface area (Å²) in [4.78, 5) is 15.6. The Kier molecular flexibility index (Phi) is 9.14. The second kappa shape index (κ2) is 13.1. The first kappa shape index (κ1) is 32.7. The number of carbonyl (C=O) groups excluding carboxylic acids is 1. The number of carbonyl (C=O) groups is 1. The first-order valence-corrected chi connectivity index (χ1v) is 18.0. The third-order valence-electron chi connectivity index (χ3n) is 8.84. The number of anilines is 2. The molecule has 3 heterocycles. The number of amides is 2. The quantitative estimate of drug-likeness (QED) is 0.212. The van der Waals surface area contributed by atoms with Crippen molar-refractivity contribution in [2.45, 2.75) is 70.1 Å². The topological polar surface area (TPSA) is 153 Å². The largest absolute Gasteiger partial charge is 0.484 e. The van der Waals surface area contributed by atoms with Gasteiger partial charge >= 0.3 is 6.03 Å². The minimum absolute atomic E-state index is 0.137. The highest BCUT2D eigenvalue weighted by molar-refractivity contribution is 7.92. The number of benzene rings is 2. The molecule has 0 spiro atoms. The predicted octanol–water partition coefficient (Wildman–Crippen LogP) is 5.04. The summed E-state index contributed by atoms with van der Waals surface area (Å²) in [6, 6.07) is 16.6. The van der Waals surface area contributed by atoms with Crippen molar-refractivity contribution in [1.82, 2.24) is 24.8 Å². The second-order valence-electron chi connectivity index (χ2n) is 13.5. The molecule has 13 heteroatoms. The van der Waals surface area contributed by atoms with Gasteiger partial charge in [-0.3, -0.25) is 14.0 Å². The number of hydrogen-bond donors (Lipinski definition) is 3. The molecular formula is C34H44N7O5S+. The molecule has 0 unspecified atom stereocenters. The average Bonchev–Trinajstić information content (AvgIpc) is 3.63. The third kappa shape index (κ3) is 7.53. The molecule has 2 aromatic heterocycles. The van der Waals surface area contributed by atoms with E-state index in [1.807, 2.05) is 73.8 Å². The third-order valence-corrected chi connectivity index (χ3v) is 9.45. The van der Waals surface area contributed by atoms with E-state index in [0.717, 1.165) is 53.8 Å². The van der Waals surface area contributed by atoms with Crippen LogP contribution in [-0.4, -0.2) is 65.0 Å². The Hall–Kier alpha value is -4.20. The van der Waals surface area contributed by atoms with Crippen molar-refractivity contribution in [3.8, 4) is 5.75 Å². The fraction of sp³-hybridized carbons (Fsp3) is 0.441. The number of aromatic nitrogens is 3. The minimum atomic E-state index is -3.49. The van der Waals surface area contributed by atoms with Crippen molar-refractivity contribution >= 4 is 33.1 Å². The SMILES string of the molecule is CC(C)(C)c1cc(NC(=O)N[C@H]2CC[C@@H](Oc3ccc4nnc([C@@H]5CCCN5CC[OH2+])n4c3)c3ccccc32)cc(NS(C)(=O)=O)c1. The van der Waals surface area contributed by atoms with E-state index in [0.29, 0.717) is 43.1 Å². The van der Waals surface area contributed by atoms with Gasteiger partial charge in [-0.15, -0.1) is 10.2 Å². The van der Waals surface area contributed by atoms with Crippen LogP contribution in [0.4, 0.5) is 16.2 Å². The van der Waals surface area contributed by atoms with Gasteiger partial charge in [0.1, 0.15) is 11.9 Å². The van der Waals surface area contributed by atoms with Crippen LogP contribution in [0.5, 0.6) is 5.75 Å². The Bertz CT molecular complexity index is 1870. The summed E-state index contributed by atoms with van der Waals surface area (Å²) >= 11 is 0. The van der Waals surface area contributed by atoms with Gasteiger partial charge in [0.05, 0.1) is 36.8 Å². The van der Waals surface area contributed by atoms with Gasteiger partial charge in [0, 0.05) is 5.69 Å². The number of nitrogens with zero attached hydrogens (tertiary/aromatic N) is 4. The average molecular weight is 663 g/mol. The van der Waals surface area contributed by atoms with Gasteiger partial charge in [-0.1, -0.05) is 45.0 Å². The normalized spacial score (nSPS) is 20.1. The molecule has 250 valence electrons. The highest BCUT2D eigenvalue weighted by Crippen LogP contribution is 2.39. The van der Waals surface area contributed by atoms with Crippen LogP contribution in [0.3, 0.4) is 0 Å². The van der Waals surface area contributed by atoms with Gasteiger partial charge in [0.15, 0.2) is 18.1 Å². The summed E-state index contributed by atoms with van der Waals surface area (Å²) in [5.41, 5.74) is 4.27. The molecule has 1 fully saturated rings. The molecule has 1 aliphatic carbocycles. The van der Waals surface area contributed by atoms with E-state index in [9.17, 15) is 13.2 Å². The summed E-state index contributed by atoms with van der Waals surface area (Å²) in [5.74, 6) is 1.59. The summed E-state index contributed by atoms with van der Waals surface area (Å²) < 4.78 is 35.0. The van der Waals surface area contributed by atoms with E-state index in [1.54, 1.807) is 12.1 Å². The Morgan fingerprint density at radius 1 is 1.02 bits per heavy atom. The van der Waals surface area contributed by atoms with Crippen LogP contribution < -0.4 is 20.1 Å². The molecular weight excluding hydrogens is 618 g/mol. The lowest BCUT2D eigenvalue weighted by molar-refractivity contribution is 0.171. The van der Waals surface area contributed by atoms with Crippen molar-refractivity contribution in [2.75, 3.05) is 36.0 Å². The Morgan fingerprint density at radius 2 is 1.79 bits per heavy atom. The van der Waals surface area contributed by atoms with Gasteiger partial charge in [-0.25, -0.2) is 13.2 Å². The first-order valence-electron chi connectivity index (χ1n) is 16.1. The van der Waals surface area contributed by atoms with E-state index < -0.39 is 10.0 Å². The Balaban J connectivity index is 1.18. The fourth-order valence-corrected chi connectivity index (χ4v) is 7.18. The van der Waals surface area contributed by atoms with Crippen molar-refractivity contribution < 1.29 is 23.1 Å². The minimum Gasteiger partial charge on any atom is -0.484 e. The predicted molar refractivity (Wildman–Crippen MR) is 183 cm³/mol. The van der Waals surface area contributed by atoms with Crippen molar-refractivity contribution in [3.05, 3.63) is 83.3 Å². The van der Waals surface area contributed by atoms with E-state index in [4.69, 9.17) is 9.84 Å². The van der Waals surface area contributed by atoms with Gasteiger partial charge in [0.25, 0.3) is 0 Å². The number of urea groups is 1. The molecule has 1 aliphatic heterocycles. The number of sulfonamides is 1. The van der Waals surface area contributed by atoms with Crippen LogP contribution in [0.15, 0.2) is 60.8 Å². The smallest absolute Gasteiger partial charge is 0.319 e. The van der Waals surface area contributed by atoms with Crippen molar-refractivity contribution in [2.24, 2.45) is 0 Å². The zero-order chi connectivity index (χ0) is 33.3. The van der Waals surface area contributed by atoms with E-state index in [1.165, 1.54) is 0 Å². The summed E-state index contributed by atoms with van der Waals surface area (Å²) in [7, 11) is -3.49. The van der Waals surface area contributed by atoms with Gasteiger partial charge < -0.3 is 20.5 Å². The summed E-state index contributed by atoms with van der Waals surface area (Å²) in [5, 5.41) is 22.6. The molecule has 0 bridgehead atoms. The zero-order valence-electron chi connectivity index (χ0n) is 27.3. The number of pyridine rings is 1. The zero-order valence-corrected chi connectivity index (χ0v) is 28.1. The molecule has 5 N–H and O–H groups in total. The van der Waals surface area contributed by atoms with Gasteiger partial charge in [0.2, 0.25) is 10.0 Å². The molecule has 2 aliphatic rings. The van der Waals surface area contributed by atoms with Gasteiger partial charge in [-0.2, -0.15) is 0 Å². The highest BCUT2D eigenvalue weighted by Gasteiger charge is 2.32. The lowest BCUT2D eigenvalue weighted by atomic mass is 9.85. The Labute approximate surface area is 275 Å². The monoisotopic (exact) mass is 662 g/mol. The molecule has 2 amide bonds. The van der Waals surface area contributed by atoms with E-state index >= 15 is 0 Å². The number of rotatable bonds is 9. The van der Waals surface area contributed by atoms with Gasteiger partial charge in [-0.05, 0) is 84.7 Å². The number of ether oxygens (including phenoxy) is 1. The van der Waals surface area contributed by atoms with Crippen LogP contribution in [0.2, 0.25) is 0 Å². The Morgan fingerprint density at radius 3 is 2.53 bits per heavy atom. The second-order valence-corrected chi connectivity index (χ2v) is 15.2. The van der Waals surface area contributed by atoms with Crippen LogP contribution >= 0.6 is 0 Å². The molecule has 47 heavy (non-hydrogen) atoms. The lowest BCUT2D eigenvalue weighted by Gasteiger charge is -2.32. The van der Waals surface area contributed by atoms with E-state index in [2.05, 4.69) is 30.5 Å². The number of fused-ring (bicyclic) bond motifs is 2. The number of nitrogens with one attached hydrogen (secondary N) is 3. The first-order chi connectivity index (χ1) is 22.4. The molecule has 1 saturated heterocycles. The van der Waals surface area contributed by atoms with Crippen molar-refractivity contribution in [3.63, 3.8) is 0 Å². The summed E-state index contributed by atoms with van der Waals surface area (Å²) in [6.07, 6.45) is 6.28. The molecule has 3 atom stereocenters. The number of hydrogen-bond acceptors (Lipinski definition) is 7.